The molecule has 2 atom stereocenters. The number of benzene rings is 2. The molecule has 0 saturated heterocycles. The van der Waals surface area contributed by atoms with Crippen molar-refractivity contribution in [1.82, 2.24) is 5.32 Å². The van der Waals surface area contributed by atoms with E-state index in [1.807, 2.05) is 25.1 Å². The van der Waals surface area contributed by atoms with E-state index in [-0.39, 0.29) is 18.0 Å². The highest BCUT2D eigenvalue weighted by molar-refractivity contribution is 5.94. The van der Waals surface area contributed by atoms with Gasteiger partial charge in [-0.15, -0.1) is 0 Å². The third-order valence-electron chi connectivity index (χ3n) is 4.33. The summed E-state index contributed by atoms with van der Waals surface area (Å²) in [6.07, 6.45) is 2.40. The van der Waals surface area contributed by atoms with Gasteiger partial charge in [0.1, 0.15) is 0 Å². The topological polar surface area (TPSA) is 64.9 Å². The number of nitriles is 1. The first-order chi connectivity index (χ1) is 11.7. The molecule has 1 aliphatic carbocycles. The van der Waals surface area contributed by atoms with Crippen LogP contribution in [0, 0.1) is 17.2 Å². The number of nitrogens with zero attached hydrogens (tertiary/aromatic N) is 1. The molecule has 4 nitrogen and oxygen atoms in total. The summed E-state index contributed by atoms with van der Waals surface area (Å²) in [5.41, 5.74) is 2.41. The molecule has 2 aromatic rings. The van der Waals surface area contributed by atoms with Crippen LogP contribution in [0.4, 0.5) is 5.69 Å². The summed E-state index contributed by atoms with van der Waals surface area (Å²) in [5, 5.41) is 15.3. The van der Waals surface area contributed by atoms with Gasteiger partial charge < -0.3 is 5.32 Å². The summed E-state index contributed by atoms with van der Waals surface area (Å²) in [7, 11) is 0. The Morgan fingerprint density at radius 3 is 2.58 bits per heavy atom. The fraction of sp³-hybridized carbons (Fsp3) is 0.300. The van der Waals surface area contributed by atoms with E-state index in [1.54, 1.807) is 24.3 Å². The Balaban J connectivity index is 1.65. The van der Waals surface area contributed by atoms with Crippen molar-refractivity contribution in [2.75, 3.05) is 5.32 Å². The quantitative estimate of drug-likeness (QED) is 0.854. The van der Waals surface area contributed by atoms with Gasteiger partial charge in [0, 0.05) is 11.7 Å². The lowest BCUT2D eigenvalue weighted by Gasteiger charge is -2.23. The standard InChI is InChI=1S/C20H21N3O/c1-14(20(24)23-18-9-5-6-15(12-18)13-21)22-19(17-10-11-17)16-7-3-2-4-8-16/h2-9,12,14,17,19,22H,10-11H2,1H3,(H,23,24)/t14-,19-/m1/s1. The minimum Gasteiger partial charge on any atom is -0.325 e. The molecule has 1 aliphatic rings. The van der Waals surface area contributed by atoms with Gasteiger partial charge in [-0.25, -0.2) is 0 Å². The van der Waals surface area contributed by atoms with Gasteiger partial charge in [0.15, 0.2) is 0 Å². The Morgan fingerprint density at radius 1 is 1.17 bits per heavy atom. The highest BCUT2D eigenvalue weighted by Gasteiger charge is 2.33. The normalized spacial score (nSPS) is 16.0. The minimum atomic E-state index is -0.318. The molecule has 0 heterocycles. The first-order valence-electron chi connectivity index (χ1n) is 8.29. The van der Waals surface area contributed by atoms with Gasteiger partial charge in [-0.1, -0.05) is 36.4 Å². The van der Waals surface area contributed by atoms with Gasteiger partial charge in [-0.2, -0.15) is 5.26 Å². The summed E-state index contributed by atoms with van der Waals surface area (Å²) in [4.78, 5) is 12.5. The van der Waals surface area contributed by atoms with Crippen LogP contribution in [-0.2, 0) is 4.79 Å². The van der Waals surface area contributed by atoms with Crippen molar-refractivity contribution < 1.29 is 4.79 Å². The Bertz CT molecular complexity index is 747. The summed E-state index contributed by atoms with van der Waals surface area (Å²) in [6.45, 7) is 1.88. The summed E-state index contributed by atoms with van der Waals surface area (Å²) >= 11 is 0. The van der Waals surface area contributed by atoms with E-state index in [9.17, 15) is 4.79 Å². The van der Waals surface area contributed by atoms with Crippen LogP contribution in [0.3, 0.4) is 0 Å². The van der Waals surface area contributed by atoms with E-state index in [0.29, 0.717) is 17.2 Å². The zero-order valence-electron chi connectivity index (χ0n) is 13.7. The Labute approximate surface area is 142 Å². The van der Waals surface area contributed by atoms with Crippen molar-refractivity contribution in [3.63, 3.8) is 0 Å². The Hall–Kier alpha value is -2.64. The van der Waals surface area contributed by atoms with Crippen LogP contribution in [0.2, 0.25) is 0 Å². The van der Waals surface area contributed by atoms with Gasteiger partial charge >= 0.3 is 0 Å². The molecule has 0 aromatic heterocycles. The molecule has 3 rings (SSSR count). The average molecular weight is 319 g/mol. The number of rotatable bonds is 6. The fourth-order valence-corrected chi connectivity index (χ4v) is 2.86. The molecule has 2 N–H and O–H groups in total. The Kier molecular flexibility index (Phi) is 4.93. The SMILES string of the molecule is C[C@@H](N[C@H](c1ccccc1)C1CC1)C(=O)Nc1cccc(C#N)c1. The lowest BCUT2D eigenvalue weighted by molar-refractivity contribution is -0.118. The first kappa shape index (κ1) is 16.2. The number of hydrogen-bond donors (Lipinski definition) is 2. The summed E-state index contributed by atoms with van der Waals surface area (Å²) in [5.74, 6) is 0.510. The molecule has 0 aliphatic heterocycles. The molecular weight excluding hydrogens is 298 g/mol. The lowest BCUT2D eigenvalue weighted by atomic mass is 10.0. The van der Waals surface area contributed by atoms with Crippen molar-refractivity contribution in [3.8, 4) is 6.07 Å². The molecule has 1 amide bonds. The largest absolute Gasteiger partial charge is 0.325 e. The van der Waals surface area contributed by atoms with Crippen LogP contribution in [0.15, 0.2) is 54.6 Å². The molecule has 0 radical (unpaired) electrons. The van der Waals surface area contributed by atoms with Gasteiger partial charge in [-0.3, -0.25) is 10.1 Å². The van der Waals surface area contributed by atoms with Gasteiger partial charge in [-0.05, 0) is 49.4 Å². The van der Waals surface area contributed by atoms with Gasteiger partial charge in [0.05, 0.1) is 17.7 Å². The lowest BCUT2D eigenvalue weighted by Crippen LogP contribution is -2.40. The number of hydrogen-bond acceptors (Lipinski definition) is 3. The second-order valence-electron chi connectivity index (χ2n) is 6.30. The van der Waals surface area contributed by atoms with Crippen molar-refractivity contribution in [2.45, 2.75) is 31.8 Å². The van der Waals surface area contributed by atoms with Crippen molar-refractivity contribution >= 4 is 11.6 Å². The molecule has 1 fully saturated rings. The predicted octanol–water partition coefficient (Wildman–Crippen LogP) is 3.63. The van der Waals surface area contributed by atoms with Crippen LogP contribution >= 0.6 is 0 Å². The molecule has 0 bridgehead atoms. The fourth-order valence-electron chi connectivity index (χ4n) is 2.86. The second-order valence-corrected chi connectivity index (χ2v) is 6.30. The molecule has 24 heavy (non-hydrogen) atoms. The van der Waals surface area contributed by atoms with Crippen LogP contribution in [0.25, 0.3) is 0 Å². The number of nitrogens with one attached hydrogen (secondary N) is 2. The zero-order valence-corrected chi connectivity index (χ0v) is 13.7. The predicted molar refractivity (Wildman–Crippen MR) is 94.3 cm³/mol. The highest BCUT2D eigenvalue weighted by atomic mass is 16.2. The van der Waals surface area contributed by atoms with Crippen molar-refractivity contribution in [3.05, 3.63) is 65.7 Å². The minimum absolute atomic E-state index is 0.0910. The third kappa shape index (κ3) is 4.01. The number of carbonyl (C=O) groups is 1. The number of amides is 1. The van der Waals surface area contributed by atoms with E-state index in [1.165, 1.54) is 18.4 Å². The number of carbonyl (C=O) groups excluding carboxylic acids is 1. The van der Waals surface area contributed by atoms with E-state index < -0.39 is 0 Å². The molecular formula is C20H21N3O. The van der Waals surface area contributed by atoms with Crippen molar-refractivity contribution in [1.29, 1.82) is 5.26 Å². The summed E-state index contributed by atoms with van der Waals surface area (Å²) < 4.78 is 0. The smallest absolute Gasteiger partial charge is 0.241 e. The highest BCUT2D eigenvalue weighted by Crippen LogP contribution is 2.41. The molecule has 2 aromatic carbocycles. The van der Waals surface area contributed by atoms with Gasteiger partial charge in [0.2, 0.25) is 5.91 Å². The van der Waals surface area contributed by atoms with E-state index in [0.717, 1.165) is 0 Å². The molecule has 4 heteroatoms. The summed E-state index contributed by atoms with van der Waals surface area (Å²) in [6, 6.07) is 19.2. The van der Waals surface area contributed by atoms with Gasteiger partial charge in [0.25, 0.3) is 0 Å². The van der Waals surface area contributed by atoms with Crippen molar-refractivity contribution in [2.24, 2.45) is 5.92 Å². The maximum absolute atomic E-state index is 12.5. The second kappa shape index (κ2) is 7.29. The van der Waals surface area contributed by atoms with Crippen LogP contribution in [0.5, 0.6) is 0 Å². The van der Waals surface area contributed by atoms with E-state index >= 15 is 0 Å². The molecule has 1 saturated carbocycles. The zero-order chi connectivity index (χ0) is 16.9. The van der Waals surface area contributed by atoms with E-state index in [2.05, 4.69) is 28.8 Å². The molecule has 0 spiro atoms. The molecule has 122 valence electrons. The average Bonchev–Trinajstić information content (AvgIpc) is 3.45. The monoisotopic (exact) mass is 319 g/mol. The maximum atomic E-state index is 12.5. The maximum Gasteiger partial charge on any atom is 0.241 e. The van der Waals surface area contributed by atoms with Crippen LogP contribution < -0.4 is 10.6 Å². The van der Waals surface area contributed by atoms with E-state index in [4.69, 9.17) is 5.26 Å². The number of anilines is 1. The first-order valence-corrected chi connectivity index (χ1v) is 8.29. The molecule has 0 unspecified atom stereocenters. The van der Waals surface area contributed by atoms with Crippen LogP contribution in [-0.4, -0.2) is 11.9 Å². The van der Waals surface area contributed by atoms with Crippen LogP contribution in [0.1, 0.15) is 36.9 Å². The Morgan fingerprint density at radius 2 is 1.92 bits per heavy atom. The third-order valence-corrected chi connectivity index (χ3v) is 4.33.